The molecule has 70 valence electrons. The summed E-state index contributed by atoms with van der Waals surface area (Å²) in [7, 11) is 0. The first-order valence-electron chi connectivity index (χ1n) is 3.46. The molecular weight excluding hydrogens is 349 g/mol. The highest BCUT2D eigenvalue weighted by molar-refractivity contribution is 14.1. The molecule has 0 saturated heterocycles. The van der Waals surface area contributed by atoms with Crippen LogP contribution in [-0.2, 0) is 11.2 Å². The SMILES string of the molecule is Nc1cc(Br)c(I)cc1CC(=O)O. The van der Waals surface area contributed by atoms with Crippen LogP contribution >= 0.6 is 38.5 Å². The van der Waals surface area contributed by atoms with Crippen LogP contribution in [0.3, 0.4) is 0 Å². The second kappa shape index (κ2) is 4.28. The summed E-state index contributed by atoms with van der Waals surface area (Å²) < 4.78 is 1.85. The molecule has 0 fully saturated rings. The van der Waals surface area contributed by atoms with E-state index in [1.54, 1.807) is 12.1 Å². The third kappa shape index (κ3) is 2.84. The average molecular weight is 356 g/mol. The van der Waals surface area contributed by atoms with Crippen molar-refractivity contribution in [1.29, 1.82) is 0 Å². The lowest BCUT2D eigenvalue weighted by atomic mass is 10.1. The zero-order valence-corrected chi connectivity index (χ0v) is 10.3. The Hall–Kier alpha value is -0.300. The number of hydrogen-bond donors (Lipinski definition) is 2. The number of carbonyl (C=O) groups is 1. The fourth-order valence-electron chi connectivity index (χ4n) is 0.919. The predicted octanol–water partition coefficient (Wildman–Crippen LogP) is 2.26. The van der Waals surface area contributed by atoms with E-state index >= 15 is 0 Å². The minimum atomic E-state index is -0.871. The lowest BCUT2D eigenvalue weighted by Gasteiger charge is -2.05. The highest BCUT2D eigenvalue weighted by atomic mass is 127. The second-order valence-electron chi connectivity index (χ2n) is 2.54. The fourth-order valence-corrected chi connectivity index (χ4v) is 1.81. The largest absolute Gasteiger partial charge is 0.481 e. The molecule has 0 unspecified atom stereocenters. The maximum Gasteiger partial charge on any atom is 0.307 e. The van der Waals surface area contributed by atoms with E-state index in [4.69, 9.17) is 10.8 Å². The van der Waals surface area contributed by atoms with Gasteiger partial charge in [-0.3, -0.25) is 4.79 Å². The minimum Gasteiger partial charge on any atom is -0.481 e. The molecule has 0 heterocycles. The molecule has 0 bridgehead atoms. The molecule has 0 spiro atoms. The van der Waals surface area contributed by atoms with Crippen molar-refractivity contribution in [2.45, 2.75) is 6.42 Å². The average Bonchev–Trinajstić information content (AvgIpc) is 1.99. The van der Waals surface area contributed by atoms with Crippen molar-refractivity contribution in [3.63, 3.8) is 0 Å². The van der Waals surface area contributed by atoms with E-state index in [9.17, 15) is 4.79 Å². The van der Waals surface area contributed by atoms with Gasteiger partial charge < -0.3 is 10.8 Å². The predicted molar refractivity (Wildman–Crippen MR) is 62.6 cm³/mol. The van der Waals surface area contributed by atoms with Gasteiger partial charge >= 0.3 is 5.97 Å². The Kier molecular flexibility index (Phi) is 3.55. The van der Waals surface area contributed by atoms with Gasteiger partial charge in [-0.2, -0.15) is 0 Å². The lowest BCUT2D eigenvalue weighted by Crippen LogP contribution is -2.04. The van der Waals surface area contributed by atoms with Crippen LogP contribution in [0.5, 0.6) is 0 Å². The zero-order chi connectivity index (χ0) is 10.0. The van der Waals surface area contributed by atoms with Gasteiger partial charge in [0.05, 0.1) is 6.42 Å². The van der Waals surface area contributed by atoms with Gasteiger partial charge in [0.25, 0.3) is 0 Å². The van der Waals surface area contributed by atoms with Crippen molar-refractivity contribution in [1.82, 2.24) is 0 Å². The molecule has 0 atom stereocenters. The van der Waals surface area contributed by atoms with Crippen molar-refractivity contribution in [3.8, 4) is 0 Å². The van der Waals surface area contributed by atoms with Gasteiger partial charge in [-0.05, 0) is 56.2 Å². The van der Waals surface area contributed by atoms with Crippen molar-refractivity contribution < 1.29 is 9.90 Å². The number of halogens is 2. The van der Waals surface area contributed by atoms with E-state index in [0.29, 0.717) is 11.3 Å². The number of anilines is 1. The van der Waals surface area contributed by atoms with Gasteiger partial charge in [-0.1, -0.05) is 0 Å². The minimum absolute atomic E-state index is 0.0326. The van der Waals surface area contributed by atoms with Crippen molar-refractivity contribution in [3.05, 3.63) is 25.7 Å². The Bertz CT molecular complexity index is 354. The van der Waals surface area contributed by atoms with Gasteiger partial charge in [-0.15, -0.1) is 0 Å². The summed E-state index contributed by atoms with van der Waals surface area (Å²) in [5.41, 5.74) is 6.80. The number of hydrogen-bond acceptors (Lipinski definition) is 2. The summed E-state index contributed by atoms with van der Waals surface area (Å²) >= 11 is 5.43. The standard InChI is InChI=1S/C8H7BrINO2/c9-5-3-7(11)4(1-6(5)10)2-8(12)13/h1,3H,2,11H2,(H,12,13). The van der Waals surface area contributed by atoms with E-state index < -0.39 is 5.97 Å². The summed E-state index contributed by atoms with van der Waals surface area (Å²) in [6, 6.07) is 3.49. The summed E-state index contributed by atoms with van der Waals surface area (Å²) in [6.07, 6.45) is -0.0326. The topological polar surface area (TPSA) is 63.3 Å². The molecule has 13 heavy (non-hydrogen) atoms. The van der Waals surface area contributed by atoms with Gasteiger partial charge in [0.15, 0.2) is 0 Å². The van der Waals surface area contributed by atoms with Crippen LogP contribution in [0, 0.1) is 3.57 Å². The number of rotatable bonds is 2. The highest BCUT2D eigenvalue weighted by Crippen LogP contribution is 2.25. The van der Waals surface area contributed by atoms with Crippen molar-refractivity contribution in [2.75, 3.05) is 5.73 Å². The lowest BCUT2D eigenvalue weighted by molar-refractivity contribution is -0.136. The van der Waals surface area contributed by atoms with E-state index in [0.717, 1.165) is 8.04 Å². The molecule has 0 aliphatic rings. The Morgan fingerprint density at radius 1 is 1.62 bits per heavy atom. The van der Waals surface area contributed by atoms with Crippen LogP contribution in [0.2, 0.25) is 0 Å². The van der Waals surface area contributed by atoms with Crippen LogP contribution in [0.25, 0.3) is 0 Å². The van der Waals surface area contributed by atoms with Crippen LogP contribution in [0.4, 0.5) is 5.69 Å². The molecule has 1 aromatic rings. The second-order valence-corrected chi connectivity index (χ2v) is 4.55. The number of carboxylic acid groups (broad SMARTS) is 1. The summed E-state index contributed by atoms with van der Waals surface area (Å²) in [5, 5.41) is 8.58. The quantitative estimate of drug-likeness (QED) is 0.631. The van der Waals surface area contributed by atoms with Crippen LogP contribution in [0.15, 0.2) is 16.6 Å². The van der Waals surface area contributed by atoms with E-state index in [1.165, 1.54) is 0 Å². The Labute approximate surface area is 97.6 Å². The van der Waals surface area contributed by atoms with Crippen LogP contribution in [-0.4, -0.2) is 11.1 Å². The van der Waals surface area contributed by atoms with E-state index in [1.807, 2.05) is 0 Å². The molecule has 0 aliphatic heterocycles. The monoisotopic (exact) mass is 355 g/mol. The Balaban J connectivity index is 3.08. The molecule has 0 saturated carbocycles. The highest BCUT2D eigenvalue weighted by Gasteiger charge is 2.07. The van der Waals surface area contributed by atoms with Gasteiger partial charge in [0, 0.05) is 13.7 Å². The number of nitrogen functional groups attached to an aromatic ring is 1. The molecule has 0 aromatic heterocycles. The molecular formula is C8H7BrINO2. The maximum atomic E-state index is 10.4. The van der Waals surface area contributed by atoms with Crippen molar-refractivity contribution >= 4 is 50.2 Å². The molecule has 0 amide bonds. The summed E-state index contributed by atoms with van der Waals surface area (Å²) in [4.78, 5) is 10.4. The Morgan fingerprint density at radius 3 is 2.77 bits per heavy atom. The third-order valence-corrected chi connectivity index (χ3v) is 3.81. The maximum absolute atomic E-state index is 10.4. The van der Waals surface area contributed by atoms with Crippen LogP contribution in [0.1, 0.15) is 5.56 Å². The molecule has 3 nitrogen and oxygen atoms in total. The normalized spacial score (nSPS) is 10.0. The molecule has 1 rings (SSSR count). The number of nitrogens with two attached hydrogens (primary N) is 1. The molecule has 3 N–H and O–H groups in total. The Morgan fingerprint density at radius 2 is 2.23 bits per heavy atom. The first-order valence-corrected chi connectivity index (χ1v) is 5.33. The first kappa shape index (κ1) is 10.8. The van der Waals surface area contributed by atoms with E-state index in [-0.39, 0.29) is 6.42 Å². The molecule has 1 aromatic carbocycles. The summed E-state index contributed by atoms with van der Waals surface area (Å²) in [5.74, 6) is -0.871. The molecule has 0 radical (unpaired) electrons. The van der Waals surface area contributed by atoms with Crippen molar-refractivity contribution in [2.24, 2.45) is 0 Å². The fraction of sp³-hybridized carbons (Fsp3) is 0.125. The number of benzene rings is 1. The van der Waals surface area contributed by atoms with Crippen LogP contribution < -0.4 is 5.73 Å². The smallest absolute Gasteiger partial charge is 0.307 e. The first-order chi connectivity index (χ1) is 6.00. The number of carboxylic acids is 1. The van der Waals surface area contributed by atoms with E-state index in [2.05, 4.69) is 38.5 Å². The molecule has 0 aliphatic carbocycles. The summed E-state index contributed by atoms with van der Waals surface area (Å²) in [6.45, 7) is 0. The zero-order valence-electron chi connectivity index (χ0n) is 6.55. The molecule has 5 heteroatoms. The third-order valence-electron chi connectivity index (χ3n) is 1.52. The van der Waals surface area contributed by atoms with Gasteiger partial charge in [0.1, 0.15) is 0 Å². The number of aliphatic carboxylic acids is 1. The van der Waals surface area contributed by atoms with Gasteiger partial charge in [0.2, 0.25) is 0 Å². The van der Waals surface area contributed by atoms with Gasteiger partial charge in [-0.25, -0.2) is 0 Å².